The fourth-order valence-corrected chi connectivity index (χ4v) is 5.88. The lowest BCUT2D eigenvalue weighted by Crippen LogP contribution is -2.24. The van der Waals surface area contributed by atoms with Gasteiger partial charge in [0.15, 0.2) is 5.13 Å². The molecule has 0 saturated carbocycles. The molecule has 160 valence electrons. The van der Waals surface area contributed by atoms with Crippen LogP contribution >= 0.6 is 22.9 Å². The van der Waals surface area contributed by atoms with Crippen molar-refractivity contribution in [3.63, 3.8) is 0 Å². The number of carbonyl (C=O) groups is 1. The Morgan fingerprint density at radius 2 is 1.97 bits per heavy atom. The lowest BCUT2D eigenvalue weighted by Gasteiger charge is -2.16. The van der Waals surface area contributed by atoms with Crippen LogP contribution in [-0.2, 0) is 21.2 Å². The van der Waals surface area contributed by atoms with Crippen LogP contribution in [0.4, 0.5) is 10.8 Å². The van der Waals surface area contributed by atoms with E-state index in [-0.39, 0.29) is 11.7 Å². The SMILES string of the molecule is O=C(/C=C/c1ccc(N2CCCS2(=O)=O)cc1)Nc1ncc(Cc2ccccc2Cl)s1. The van der Waals surface area contributed by atoms with Gasteiger partial charge in [0.2, 0.25) is 15.9 Å². The Morgan fingerprint density at radius 1 is 1.19 bits per heavy atom. The average molecular weight is 474 g/mol. The van der Waals surface area contributed by atoms with Gasteiger partial charge >= 0.3 is 0 Å². The summed E-state index contributed by atoms with van der Waals surface area (Å²) in [6, 6.07) is 14.7. The largest absolute Gasteiger partial charge is 0.298 e. The number of benzene rings is 2. The van der Waals surface area contributed by atoms with E-state index in [2.05, 4.69) is 10.3 Å². The lowest BCUT2D eigenvalue weighted by atomic mass is 10.1. The predicted octanol–water partition coefficient (Wildman–Crippen LogP) is 4.58. The number of rotatable bonds is 6. The molecular formula is C22H20ClN3O3S2. The first kappa shape index (κ1) is 21.5. The molecule has 0 unspecified atom stereocenters. The van der Waals surface area contributed by atoms with E-state index < -0.39 is 10.0 Å². The number of halogens is 1. The van der Waals surface area contributed by atoms with E-state index in [1.807, 2.05) is 24.3 Å². The van der Waals surface area contributed by atoms with Crippen LogP contribution in [0.3, 0.4) is 0 Å². The van der Waals surface area contributed by atoms with Gasteiger partial charge < -0.3 is 0 Å². The van der Waals surface area contributed by atoms with Gasteiger partial charge in [-0.05, 0) is 41.8 Å². The Labute approximate surface area is 190 Å². The van der Waals surface area contributed by atoms with Crippen molar-refractivity contribution in [3.05, 3.63) is 81.8 Å². The second-order valence-electron chi connectivity index (χ2n) is 7.06. The molecular weight excluding hydrogens is 454 g/mol. The van der Waals surface area contributed by atoms with Crippen LogP contribution < -0.4 is 9.62 Å². The topological polar surface area (TPSA) is 79.4 Å². The number of thiazole rings is 1. The first-order valence-corrected chi connectivity index (χ1v) is 12.5. The van der Waals surface area contributed by atoms with E-state index in [1.54, 1.807) is 36.5 Å². The molecule has 6 nitrogen and oxygen atoms in total. The summed E-state index contributed by atoms with van der Waals surface area (Å²) in [4.78, 5) is 17.5. The molecule has 1 fully saturated rings. The van der Waals surface area contributed by atoms with Crippen molar-refractivity contribution in [1.29, 1.82) is 0 Å². The summed E-state index contributed by atoms with van der Waals surface area (Å²) in [5, 5.41) is 3.99. The minimum atomic E-state index is -3.20. The molecule has 9 heteroatoms. The minimum Gasteiger partial charge on any atom is -0.298 e. The third kappa shape index (κ3) is 5.33. The molecule has 4 rings (SSSR count). The molecule has 31 heavy (non-hydrogen) atoms. The highest BCUT2D eigenvalue weighted by Gasteiger charge is 2.28. The Hall–Kier alpha value is -2.68. The van der Waals surface area contributed by atoms with Gasteiger partial charge in [0.25, 0.3) is 0 Å². The average Bonchev–Trinajstić information content (AvgIpc) is 3.34. The Kier molecular flexibility index (Phi) is 6.41. The molecule has 1 aliphatic rings. The smallest absolute Gasteiger partial charge is 0.250 e. The van der Waals surface area contributed by atoms with Gasteiger partial charge in [-0.2, -0.15) is 0 Å². The molecule has 0 aliphatic carbocycles. The van der Waals surface area contributed by atoms with Crippen molar-refractivity contribution in [1.82, 2.24) is 4.98 Å². The second-order valence-corrected chi connectivity index (χ2v) is 10.6. The van der Waals surface area contributed by atoms with Crippen LogP contribution in [0.15, 0.2) is 60.8 Å². The summed E-state index contributed by atoms with van der Waals surface area (Å²) in [5.74, 6) is -0.101. The molecule has 1 aliphatic heterocycles. The maximum Gasteiger partial charge on any atom is 0.250 e. The third-order valence-corrected chi connectivity index (χ3v) is 7.96. The second kappa shape index (κ2) is 9.21. The molecule has 1 saturated heterocycles. The van der Waals surface area contributed by atoms with Crippen molar-refractivity contribution in [2.45, 2.75) is 12.8 Å². The number of nitrogens with zero attached hydrogens (tertiary/aromatic N) is 2. The fourth-order valence-electron chi connectivity index (χ4n) is 3.28. The highest BCUT2D eigenvalue weighted by atomic mass is 35.5. The van der Waals surface area contributed by atoms with Crippen LogP contribution in [0.1, 0.15) is 22.4 Å². The number of anilines is 2. The third-order valence-electron chi connectivity index (χ3n) is 4.81. The van der Waals surface area contributed by atoms with Crippen LogP contribution in [-0.4, -0.2) is 31.6 Å². The van der Waals surface area contributed by atoms with Crippen molar-refractivity contribution in [3.8, 4) is 0 Å². The van der Waals surface area contributed by atoms with E-state index in [1.165, 1.54) is 21.7 Å². The minimum absolute atomic E-state index is 0.186. The maximum absolute atomic E-state index is 12.2. The molecule has 1 aromatic heterocycles. The molecule has 2 aromatic carbocycles. The number of carbonyl (C=O) groups excluding carboxylic acids is 1. The van der Waals surface area contributed by atoms with Gasteiger partial charge in [-0.25, -0.2) is 13.4 Å². The van der Waals surface area contributed by atoms with Crippen molar-refractivity contribution in [2.75, 3.05) is 21.9 Å². The van der Waals surface area contributed by atoms with Gasteiger partial charge in [0.05, 0.1) is 11.4 Å². The number of sulfonamides is 1. The number of amides is 1. The Balaban J connectivity index is 1.35. The first-order chi connectivity index (χ1) is 14.9. The predicted molar refractivity (Wildman–Crippen MR) is 126 cm³/mol. The monoisotopic (exact) mass is 473 g/mol. The van der Waals surface area contributed by atoms with Crippen molar-refractivity contribution >= 4 is 55.8 Å². The summed E-state index contributed by atoms with van der Waals surface area (Å²) in [6.45, 7) is 0.506. The van der Waals surface area contributed by atoms with Crippen LogP contribution in [0.5, 0.6) is 0 Å². The van der Waals surface area contributed by atoms with E-state index in [0.29, 0.717) is 35.2 Å². The normalized spacial score (nSPS) is 15.5. The Morgan fingerprint density at radius 3 is 2.68 bits per heavy atom. The molecule has 3 aromatic rings. The van der Waals surface area contributed by atoms with Gasteiger partial charge in [-0.3, -0.25) is 14.4 Å². The fraction of sp³-hybridized carbons (Fsp3) is 0.182. The first-order valence-electron chi connectivity index (χ1n) is 9.68. The molecule has 0 atom stereocenters. The molecule has 1 N–H and O–H groups in total. The highest BCUT2D eigenvalue weighted by Crippen LogP contribution is 2.26. The molecule has 2 heterocycles. The summed E-state index contributed by atoms with van der Waals surface area (Å²) < 4.78 is 25.4. The number of hydrogen-bond donors (Lipinski definition) is 1. The van der Waals surface area contributed by atoms with E-state index in [0.717, 1.165) is 16.0 Å². The zero-order valence-electron chi connectivity index (χ0n) is 16.5. The summed E-state index contributed by atoms with van der Waals surface area (Å²) >= 11 is 7.60. The maximum atomic E-state index is 12.2. The highest BCUT2D eigenvalue weighted by molar-refractivity contribution is 7.93. The van der Waals surface area contributed by atoms with Gasteiger partial charge in [-0.1, -0.05) is 41.9 Å². The summed E-state index contributed by atoms with van der Waals surface area (Å²) in [5.41, 5.74) is 2.46. The molecule has 0 radical (unpaired) electrons. The quantitative estimate of drug-likeness (QED) is 0.531. The van der Waals surface area contributed by atoms with Crippen LogP contribution in [0.2, 0.25) is 5.02 Å². The van der Waals surface area contributed by atoms with Gasteiger partial charge in [-0.15, -0.1) is 11.3 Å². The van der Waals surface area contributed by atoms with Crippen LogP contribution in [0.25, 0.3) is 6.08 Å². The van der Waals surface area contributed by atoms with Crippen molar-refractivity contribution in [2.24, 2.45) is 0 Å². The van der Waals surface area contributed by atoms with Gasteiger partial charge in [0, 0.05) is 35.1 Å². The Bertz CT molecular complexity index is 1220. The van der Waals surface area contributed by atoms with E-state index >= 15 is 0 Å². The van der Waals surface area contributed by atoms with Gasteiger partial charge in [0.1, 0.15) is 0 Å². The molecule has 1 amide bonds. The zero-order chi connectivity index (χ0) is 21.8. The molecule has 0 bridgehead atoms. The summed E-state index contributed by atoms with van der Waals surface area (Å²) in [6.07, 6.45) is 6.13. The standard InChI is InChI=1S/C22H20ClN3O3S2/c23-20-5-2-1-4-17(20)14-19-15-24-22(30-19)25-21(27)11-8-16-6-9-18(10-7-16)26-12-3-13-31(26,28)29/h1-2,4-11,15H,3,12-14H2,(H,24,25,27)/b11-8+. The molecule has 0 spiro atoms. The van der Waals surface area contributed by atoms with E-state index in [9.17, 15) is 13.2 Å². The number of hydrogen-bond acceptors (Lipinski definition) is 5. The number of nitrogens with one attached hydrogen (secondary N) is 1. The van der Waals surface area contributed by atoms with Crippen molar-refractivity contribution < 1.29 is 13.2 Å². The lowest BCUT2D eigenvalue weighted by molar-refractivity contribution is -0.111. The van der Waals surface area contributed by atoms with Crippen LogP contribution in [0, 0.1) is 0 Å². The summed E-state index contributed by atoms with van der Waals surface area (Å²) in [7, 11) is -3.20. The zero-order valence-corrected chi connectivity index (χ0v) is 18.9. The number of aromatic nitrogens is 1. The van der Waals surface area contributed by atoms with E-state index in [4.69, 9.17) is 11.6 Å².